The van der Waals surface area contributed by atoms with Crippen molar-refractivity contribution in [2.45, 2.75) is 38.1 Å². The number of hydrogen-bond acceptors (Lipinski definition) is 5. The van der Waals surface area contributed by atoms with Crippen LogP contribution in [0.2, 0.25) is 0 Å². The number of aromatic nitrogens is 1. The highest BCUT2D eigenvalue weighted by Crippen LogP contribution is 2.35. The van der Waals surface area contributed by atoms with E-state index in [4.69, 9.17) is 5.84 Å². The summed E-state index contributed by atoms with van der Waals surface area (Å²) in [5.74, 6) is 3.59. The van der Waals surface area contributed by atoms with Gasteiger partial charge in [0.25, 0.3) is 0 Å². The van der Waals surface area contributed by atoms with Crippen LogP contribution in [0, 0.1) is 17.6 Å². The number of aliphatic hydroxyl groups is 1. The molecule has 7 heteroatoms. The molecule has 1 saturated carbocycles. The fraction of sp³-hybridized carbons (Fsp3) is 0.615. The van der Waals surface area contributed by atoms with Crippen LogP contribution in [-0.4, -0.2) is 22.2 Å². The SMILES string of the molecule is CC1CCCC(CO)(Nc2nc(NN)c(F)cc2F)C1. The number of aliphatic hydroxyl groups excluding tert-OH is 1. The van der Waals surface area contributed by atoms with Crippen molar-refractivity contribution in [1.29, 1.82) is 0 Å². The van der Waals surface area contributed by atoms with Crippen LogP contribution in [0.5, 0.6) is 0 Å². The van der Waals surface area contributed by atoms with E-state index in [-0.39, 0.29) is 18.2 Å². The Labute approximate surface area is 116 Å². The van der Waals surface area contributed by atoms with Gasteiger partial charge in [0.15, 0.2) is 23.3 Å². The quantitative estimate of drug-likeness (QED) is 0.502. The van der Waals surface area contributed by atoms with E-state index in [1.165, 1.54) is 0 Å². The predicted octanol–water partition coefficient (Wildman–Crippen LogP) is 2.00. The Bertz CT molecular complexity index is 486. The van der Waals surface area contributed by atoms with Gasteiger partial charge in [-0.2, -0.15) is 0 Å². The molecule has 2 atom stereocenters. The zero-order valence-electron chi connectivity index (χ0n) is 11.4. The standard InChI is InChI=1S/C13H20F2N4O/c1-8-3-2-4-13(6-8,7-20)18-11-9(14)5-10(15)12(17-11)19-16/h5,8,20H,2-4,6-7,16H2,1H3,(H2,17,18,19). The summed E-state index contributed by atoms with van der Waals surface area (Å²) in [6, 6.07) is 0.724. The molecule has 1 heterocycles. The lowest BCUT2D eigenvalue weighted by Gasteiger charge is -2.39. The van der Waals surface area contributed by atoms with Gasteiger partial charge in [-0.3, -0.25) is 0 Å². The zero-order valence-corrected chi connectivity index (χ0v) is 11.4. The highest BCUT2D eigenvalue weighted by Gasteiger charge is 2.35. The van der Waals surface area contributed by atoms with Crippen LogP contribution in [0.4, 0.5) is 20.4 Å². The molecule has 0 bridgehead atoms. The van der Waals surface area contributed by atoms with Gasteiger partial charge < -0.3 is 15.8 Å². The van der Waals surface area contributed by atoms with E-state index < -0.39 is 17.2 Å². The molecular weight excluding hydrogens is 266 g/mol. The van der Waals surface area contributed by atoms with Crippen molar-refractivity contribution in [2.75, 3.05) is 17.3 Å². The molecule has 1 aromatic heterocycles. The monoisotopic (exact) mass is 286 g/mol. The average Bonchev–Trinajstić information content (AvgIpc) is 2.42. The van der Waals surface area contributed by atoms with E-state index in [1.807, 2.05) is 0 Å². The normalized spacial score (nSPS) is 26.4. The Balaban J connectivity index is 2.27. The average molecular weight is 286 g/mol. The van der Waals surface area contributed by atoms with E-state index in [1.54, 1.807) is 0 Å². The fourth-order valence-electron chi connectivity index (χ4n) is 2.86. The molecule has 5 nitrogen and oxygen atoms in total. The maximum atomic E-state index is 13.8. The second-order valence-corrected chi connectivity index (χ2v) is 5.56. The first-order chi connectivity index (χ1) is 9.49. The number of rotatable bonds is 4. The molecule has 0 aliphatic heterocycles. The number of nitrogens with one attached hydrogen (secondary N) is 2. The molecule has 1 aliphatic rings. The Morgan fingerprint density at radius 3 is 2.75 bits per heavy atom. The summed E-state index contributed by atoms with van der Waals surface area (Å²) in [4.78, 5) is 3.79. The lowest BCUT2D eigenvalue weighted by Crippen LogP contribution is -2.46. The van der Waals surface area contributed by atoms with Crippen molar-refractivity contribution in [3.05, 3.63) is 17.7 Å². The van der Waals surface area contributed by atoms with E-state index in [9.17, 15) is 13.9 Å². The zero-order chi connectivity index (χ0) is 14.8. The number of halogens is 2. The molecule has 5 N–H and O–H groups in total. The Morgan fingerprint density at radius 2 is 2.15 bits per heavy atom. The van der Waals surface area contributed by atoms with Crippen molar-refractivity contribution in [1.82, 2.24) is 4.98 Å². The van der Waals surface area contributed by atoms with Crippen LogP contribution in [0.15, 0.2) is 6.07 Å². The van der Waals surface area contributed by atoms with Crippen LogP contribution in [-0.2, 0) is 0 Å². The highest BCUT2D eigenvalue weighted by molar-refractivity contribution is 5.48. The molecule has 2 rings (SSSR count). The summed E-state index contributed by atoms with van der Waals surface area (Å²) in [7, 11) is 0. The van der Waals surface area contributed by atoms with Gasteiger partial charge >= 0.3 is 0 Å². The van der Waals surface area contributed by atoms with Gasteiger partial charge in [-0.15, -0.1) is 0 Å². The van der Waals surface area contributed by atoms with Gasteiger partial charge in [-0.05, 0) is 18.8 Å². The number of nitrogens with two attached hydrogens (primary N) is 1. The lowest BCUT2D eigenvalue weighted by molar-refractivity contribution is 0.149. The first-order valence-electron chi connectivity index (χ1n) is 6.71. The maximum Gasteiger partial charge on any atom is 0.178 e. The molecule has 0 spiro atoms. The topological polar surface area (TPSA) is 83.2 Å². The van der Waals surface area contributed by atoms with Gasteiger partial charge in [0.05, 0.1) is 12.1 Å². The molecule has 0 amide bonds. The number of anilines is 2. The molecular formula is C13H20F2N4O. The predicted molar refractivity (Wildman–Crippen MR) is 73.0 cm³/mol. The van der Waals surface area contributed by atoms with Crippen molar-refractivity contribution < 1.29 is 13.9 Å². The molecule has 0 saturated heterocycles. The minimum atomic E-state index is -0.856. The molecule has 0 aromatic carbocycles. The Kier molecular flexibility index (Phi) is 4.39. The number of hydrazine groups is 1. The van der Waals surface area contributed by atoms with Crippen LogP contribution >= 0.6 is 0 Å². The summed E-state index contributed by atoms with van der Waals surface area (Å²) in [5, 5.41) is 12.6. The third kappa shape index (κ3) is 2.99. The summed E-state index contributed by atoms with van der Waals surface area (Å²) in [6.45, 7) is 1.97. The smallest absolute Gasteiger partial charge is 0.178 e. The van der Waals surface area contributed by atoms with E-state index in [0.717, 1.165) is 25.3 Å². The maximum absolute atomic E-state index is 13.8. The molecule has 0 radical (unpaired) electrons. The summed E-state index contributed by atoms with van der Waals surface area (Å²) in [6.07, 6.45) is 3.46. The summed E-state index contributed by atoms with van der Waals surface area (Å²) >= 11 is 0. The second kappa shape index (κ2) is 5.88. The van der Waals surface area contributed by atoms with E-state index in [0.29, 0.717) is 12.3 Å². The molecule has 112 valence electrons. The van der Waals surface area contributed by atoms with Crippen LogP contribution in [0.3, 0.4) is 0 Å². The van der Waals surface area contributed by atoms with Crippen molar-refractivity contribution in [2.24, 2.45) is 11.8 Å². The number of hydrogen-bond donors (Lipinski definition) is 4. The molecule has 2 unspecified atom stereocenters. The van der Waals surface area contributed by atoms with Gasteiger partial charge in [-0.1, -0.05) is 19.8 Å². The Morgan fingerprint density at radius 1 is 1.45 bits per heavy atom. The molecule has 1 aromatic rings. The van der Waals surface area contributed by atoms with Crippen LogP contribution < -0.4 is 16.6 Å². The molecule has 20 heavy (non-hydrogen) atoms. The van der Waals surface area contributed by atoms with E-state index in [2.05, 4.69) is 22.7 Å². The van der Waals surface area contributed by atoms with Crippen molar-refractivity contribution >= 4 is 11.6 Å². The van der Waals surface area contributed by atoms with Gasteiger partial charge in [0, 0.05) is 6.07 Å². The minimum Gasteiger partial charge on any atom is -0.394 e. The van der Waals surface area contributed by atoms with Crippen LogP contribution in [0.25, 0.3) is 0 Å². The Hall–Kier alpha value is -1.47. The highest BCUT2D eigenvalue weighted by atomic mass is 19.1. The second-order valence-electron chi connectivity index (χ2n) is 5.56. The number of nitrogens with zero attached hydrogens (tertiary/aromatic N) is 1. The first kappa shape index (κ1) is 14.9. The number of nitrogen functional groups attached to an aromatic ring is 1. The number of pyridine rings is 1. The fourth-order valence-corrected chi connectivity index (χ4v) is 2.86. The van der Waals surface area contributed by atoms with Crippen molar-refractivity contribution in [3.8, 4) is 0 Å². The van der Waals surface area contributed by atoms with Crippen LogP contribution in [0.1, 0.15) is 32.6 Å². The largest absolute Gasteiger partial charge is 0.394 e. The van der Waals surface area contributed by atoms with Gasteiger partial charge in [-0.25, -0.2) is 19.6 Å². The third-order valence-corrected chi connectivity index (χ3v) is 3.84. The minimum absolute atomic E-state index is 0.0949. The lowest BCUT2D eigenvalue weighted by atomic mass is 9.77. The van der Waals surface area contributed by atoms with E-state index >= 15 is 0 Å². The van der Waals surface area contributed by atoms with Gasteiger partial charge in [0.1, 0.15) is 0 Å². The van der Waals surface area contributed by atoms with Crippen molar-refractivity contribution in [3.63, 3.8) is 0 Å². The summed E-state index contributed by atoms with van der Waals surface area (Å²) < 4.78 is 27.1. The summed E-state index contributed by atoms with van der Waals surface area (Å²) in [5.41, 5.74) is 1.47. The third-order valence-electron chi connectivity index (χ3n) is 3.84. The molecule has 1 fully saturated rings. The first-order valence-corrected chi connectivity index (χ1v) is 6.71. The van der Waals surface area contributed by atoms with Gasteiger partial charge in [0.2, 0.25) is 0 Å². The molecule has 1 aliphatic carbocycles.